The number of nitrogens with one attached hydrogen (secondary N) is 2. The molecule has 0 unspecified atom stereocenters. The Bertz CT molecular complexity index is 3390. The molecule has 4 aromatic carbocycles. The highest BCUT2D eigenvalue weighted by atomic mass is 79.9. The molecule has 0 spiro atoms. The Hall–Kier alpha value is -6.90. The molecule has 12 N–H and O–H groups in total. The van der Waals surface area contributed by atoms with Crippen LogP contribution in [0.2, 0.25) is 0 Å². The van der Waals surface area contributed by atoms with Crippen LogP contribution in [0, 0.1) is 0 Å². The monoisotopic (exact) mass is 1100 g/mol. The largest absolute Gasteiger partial charge is 0.488 e. The molecule has 24 nitrogen and oxygen atoms in total. The molecule has 0 aliphatic rings. The van der Waals surface area contributed by atoms with Crippen molar-refractivity contribution in [3.8, 4) is 11.3 Å². The lowest BCUT2D eigenvalue weighted by molar-refractivity contribution is -0.118. The smallest absolute Gasteiger partial charge is 0.423 e. The fourth-order valence-corrected chi connectivity index (χ4v) is 8.87. The number of carbonyl (C=O) groups excluding carboxylic acids is 4. The van der Waals surface area contributed by atoms with Crippen molar-refractivity contribution in [3.05, 3.63) is 137 Å². The van der Waals surface area contributed by atoms with Crippen molar-refractivity contribution in [2.24, 2.45) is 10.3 Å². The van der Waals surface area contributed by atoms with E-state index >= 15 is 0 Å². The molecule has 30 heteroatoms. The number of sulfonamides is 4. The lowest BCUT2D eigenvalue weighted by Gasteiger charge is -2.08. The minimum Gasteiger partial charge on any atom is -0.423 e. The van der Waals surface area contributed by atoms with Crippen molar-refractivity contribution in [3.63, 3.8) is 0 Å². The summed E-state index contributed by atoms with van der Waals surface area (Å²) in [7, 11) is -17.0. The number of hydrogen-bond donors (Lipinski definition) is 8. The van der Waals surface area contributed by atoms with Gasteiger partial charge >= 0.3 is 7.12 Å². The fourth-order valence-electron chi connectivity index (χ4n) is 5.58. The highest BCUT2D eigenvalue weighted by Gasteiger charge is 2.20. The molecule has 0 bridgehead atoms. The van der Waals surface area contributed by atoms with E-state index < -0.39 is 64.8 Å². The van der Waals surface area contributed by atoms with Crippen molar-refractivity contribution < 1.29 is 62.9 Å². The maximum absolute atomic E-state index is 12.8. The topological polar surface area (TPSA) is 425 Å². The highest BCUT2D eigenvalue weighted by Crippen LogP contribution is 2.22. The van der Waals surface area contributed by atoms with Gasteiger partial charge in [-0.1, -0.05) is 48.5 Å². The SMILES string of the molecule is CC(=O)NS(=O)(=O)c1ccc(CC(=O)c2nc(-c3ccc(S(N)(=O)=O)cc3)cnc2N)cc1.CC(=O)NS(=O)(=O)c1ccc(CC(=O)c2nc(Br)cnc2N)cc1.NS(=O)(=O)c1ccc(B(O)O)cc1. The van der Waals surface area contributed by atoms with Gasteiger partial charge in [0.2, 0.25) is 31.9 Å². The second-order valence-corrected chi connectivity index (χ2v) is 21.6. The van der Waals surface area contributed by atoms with Crippen LogP contribution in [0.15, 0.2) is 134 Å². The van der Waals surface area contributed by atoms with E-state index in [0.29, 0.717) is 27.0 Å². The Kier molecular flexibility index (Phi) is 18.4. The third-order valence-corrected chi connectivity index (χ3v) is 14.0. The summed E-state index contributed by atoms with van der Waals surface area (Å²) in [6.45, 7) is 2.19. The van der Waals surface area contributed by atoms with Crippen LogP contribution in [0.5, 0.6) is 0 Å². The van der Waals surface area contributed by atoms with Crippen molar-refractivity contribution in [1.29, 1.82) is 0 Å². The number of hydrogen-bond acceptors (Lipinski definition) is 20. The van der Waals surface area contributed by atoms with Crippen LogP contribution in [-0.2, 0) is 62.5 Å². The van der Waals surface area contributed by atoms with Gasteiger partial charge in [-0.3, -0.25) is 19.2 Å². The van der Waals surface area contributed by atoms with Gasteiger partial charge in [0.25, 0.3) is 20.0 Å². The number of primary sulfonamides is 2. The number of amides is 2. The van der Waals surface area contributed by atoms with E-state index in [9.17, 15) is 52.8 Å². The second-order valence-electron chi connectivity index (χ2n) is 14.3. The molecule has 0 fully saturated rings. The van der Waals surface area contributed by atoms with Crippen LogP contribution < -0.4 is 36.7 Å². The van der Waals surface area contributed by atoms with E-state index in [0.717, 1.165) is 13.8 Å². The number of anilines is 2. The number of rotatable bonds is 14. The summed E-state index contributed by atoms with van der Waals surface area (Å²) >= 11 is 3.12. The molecule has 0 radical (unpaired) electrons. The van der Waals surface area contributed by atoms with E-state index in [4.69, 9.17) is 31.8 Å². The first-order valence-corrected chi connectivity index (χ1v) is 26.2. The zero-order valence-corrected chi connectivity index (χ0v) is 41.1. The fraction of sp³-hybridized carbons (Fsp3) is 0.100. The number of benzene rings is 4. The van der Waals surface area contributed by atoms with E-state index in [2.05, 4.69) is 35.9 Å². The van der Waals surface area contributed by atoms with Crippen LogP contribution in [0.1, 0.15) is 46.0 Å². The van der Waals surface area contributed by atoms with Crippen LogP contribution >= 0.6 is 15.9 Å². The van der Waals surface area contributed by atoms with Gasteiger partial charge in [-0.25, -0.2) is 73.3 Å². The lowest BCUT2D eigenvalue weighted by atomic mass is 9.81. The molecule has 2 aromatic heterocycles. The van der Waals surface area contributed by atoms with Crippen molar-refractivity contribution in [2.75, 3.05) is 11.5 Å². The molecule has 368 valence electrons. The molecule has 2 heterocycles. The minimum atomic E-state index is -3.98. The molecule has 2 amide bonds. The van der Waals surface area contributed by atoms with Crippen LogP contribution in [0.25, 0.3) is 11.3 Å². The number of halogens is 1. The predicted octanol–water partition coefficient (Wildman–Crippen LogP) is -0.291. The first-order chi connectivity index (χ1) is 32.5. The normalized spacial score (nSPS) is 11.4. The van der Waals surface area contributed by atoms with E-state index in [-0.39, 0.29) is 66.7 Å². The highest BCUT2D eigenvalue weighted by molar-refractivity contribution is 9.10. The molecule has 0 aliphatic heterocycles. The number of nitrogen functional groups attached to an aromatic ring is 2. The Morgan fingerprint density at radius 2 is 0.914 bits per heavy atom. The summed E-state index contributed by atoms with van der Waals surface area (Å²) in [5.74, 6) is -2.28. The van der Waals surface area contributed by atoms with Gasteiger partial charge in [0, 0.05) is 32.3 Å². The van der Waals surface area contributed by atoms with Crippen molar-refractivity contribution >= 4 is 104 Å². The third kappa shape index (κ3) is 16.1. The lowest BCUT2D eigenvalue weighted by Crippen LogP contribution is -2.29. The first-order valence-electron chi connectivity index (χ1n) is 19.3. The maximum Gasteiger partial charge on any atom is 0.488 e. The quantitative estimate of drug-likeness (QED) is 0.0513. The molecule has 6 aromatic rings. The summed E-state index contributed by atoms with van der Waals surface area (Å²) in [5, 5.41) is 27.3. The minimum absolute atomic E-state index is 0.0181. The van der Waals surface area contributed by atoms with Crippen LogP contribution in [-0.4, -0.2) is 94.2 Å². The Morgan fingerprint density at radius 1 is 0.557 bits per heavy atom. The maximum atomic E-state index is 12.8. The number of carbonyl (C=O) groups is 4. The number of nitrogens with two attached hydrogens (primary N) is 4. The number of nitrogens with zero attached hydrogens (tertiary/aromatic N) is 4. The van der Waals surface area contributed by atoms with Gasteiger partial charge in [-0.2, -0.15) is 0 Å². The van der Waals surface area contributed by atoms with E-state index in [1.807, 2.05) is 9.44 Å². The van der Waals surface area contributed by atoms with Gasteiger partial charge in [0.05, 0.1) is 37.7 Å². The molecule has 0 saturated heterocycles. The zero-order valence-electron chi connectivity index (χ0n) is 36.3. The number of aromatic nitrogens is 4. The first kappa shape index (κ1) is 55.7. The van der Waals surface area contributed by atoms with Crippen LogP contribution in [0.3, 0.4) is 0 Å². The van der Waals surface area contributed by atoms with Gasteiger partial charge in [0.15, 0.2) is 23.2 Å². The molecule has 0 atom stereocenters. The third-order valence-electron chi connectivity index (χ3n) is 8.84. The number of Topliss-reactive ketones (excluding diaryl/α,β-unsaturated/α-hetero) is 2. The Labute approximate surface area is 409 Å². The second kappa shape index (κ2) is 23.1. The zero-order chi connectivity index (χ0) is 52.4. The van der Waals surface area contributed by atoms with E-state index in [1.54, 1.807) is 0 Å². The van der Waals surface area contributed by atoms with Crippen LogP contribution in [0.4, 0.5) is 11.6 Å². The van der Waals surface area contributed by atoms with E-state index in [1.165, 1.54) is 109 Å². The van der Waals surface area contributed by atoms with Crippen molar-refractivity contribution in [2.45, 2.75) is 46.3 Å². The molecule has 70 heavy (non-hydrogen) atoms. The van der Waals surface area contributed by atoms with Gasteiger partial charge in [-0.05, 0) is 81.1 Å². The Balaban J connectivity index is 0.000000251. The average molecular weight is 1100 g/mol. The van der Waals surface area contributed by atoms with Gasteiger partial charge in [0.1, 0.15) is 16.0 Å². The molecule has 6 rings (SSSR count). The summed E-state index contributed by atoms with van der Waals surface area (Å²) in [6.07, 6.45) is 2.58. The Morgan fingerprint density at radius 3 is 1.29 bits per heavy atom. The molecular weight excluding hydrogens is 1060 g/mol. The summed E-state index contributed by atoms with van der Waals surface area (Å²) in [5.41, 5.74) is 13.5. The van der Waals surface area contributed by atoms with Crippen molar-refractivity contribution in [1.82, 2.24) is 29.4 Å². The molecule has 0 saturated carbocycles. The average Bonchev–Trinajstić information content (AvgIpc) is 3.27. The predicted molar refractivity (Wildman–Crippen MR) is 256 cm³/mol. The summed E-state index contributed by atoms with van der Waals surface area (Å²) in [6, 6.07) is 21.5. The van der Waals surface area contributed by atoms with Gasteiger partial charge in [-0.15, -0.1) is 0 Å². The van der Waals surface area contributed by atoms with Gasteiger partial charge < -0.3 is 21.5 Å². The summed E-state index contributed by atoms with van der Waals surface area (Å²) in [4.78, 5) is 62.7. The standard InChI is InChI=1S/C20H19N5O6S2.C14H13BrN4O4S.C6H8BNO4S/c1-12(26)25-33(30,31)16-6-2-13(3-7-16)10-18(27)19-20(21)23-11-17(24-19)14-4-8-15(9-5-14)32(22,28)29;1-8(20)19-24(22,23)10-4-2-9(3-5-10)6-11(21)13-14(16)17-7-12(15)18-13;8-13(11,12)6-3-1-5(2-4-6)7(9)10/h2-9,11H,10H2,1H3,(H2,21,23)(H,25,26)(H2,22,28,29);2-5,7H,6H2,1H3,(H2,16,17)(H,19,20);1-4,9-10H,(H2,8,11,12). The molecular formula is C40H40BBrN10O14S4. The molecule has 0 aliphatic carbocycles. The number of ketones is 2. The summed E-state index contributed by atoms with van der Waals surface area (Å²) < 4.78 is 96.2.